The van der Waals surface area contributed by atoms with Gasteiger partial charge >= 0.3 is 0 Å². The van der Waals surface area contributed by atoms with Crippen LogP contribution in [0.25, 0.3) is 0 Å². The van der Waals surface area contributed by atoms with Crippen LogP contribution in [0.5, 0.6) is 5.75 Å². The molecule has 0 aliphatic carbocycles. The second-order valence-electron chi connectivity index (χ2n) is 2.93. The summed E-state index contributed by atoms with van der Waals surface area (Å²) >= 11 is 0. The van der Waals surface area contributed by atoms with Crippen molar-refractivity contribution in [2.45, 2.75) is 13.8 Å². The summed E-state index contributed by atoms with van der Waals surface area (Å²) in [5, 5.41) is 0. The third-order valence-corrected chi connectivity index (χ3v) is 1.25. The molecule has 0 unspecified atom stereocenters. The molecule has 0 atom stereocenters. The maximum Gasteiger partial charge on any atom is 0.127 e. The monoisotopic (exact) mass is 149 g/mol. The Bertz CT molecular complexity index is 191. The Morgan fingerprint density at radius 2 is 2.27 bits per heavy atom. The number of hydrogen-bond acceptors (Lipinski definition) is 1. The van der Waals surface area contributed by atoms with Crippen molar-refractivity contribution in [1.29, 1.82) is 0 Å². The normalized spacial score (nSPS) is 10.1. The van der Waals surface area contributed by atoms with Gasteiger partial charge in [0.2, 0.25) is 0 Å². The van der Waals surface area contributed by atoms with Crippen LogP contribution < -0.4 is 4.74 Å². The quantitative estimate of drug-likeness (QED) is 0.641. The van der Waals surface area contributed by atoms with Crippen LogP contribution >= 0.6 is 0 Å². The average Bonchev–Trinajstić information content (AvgIpc) is 2.03. The summed E-state index contributed by atoms with van der Waals surface area (Å²) in [6, 6.07) is 10.7. The summed E-state index contributed by atoms with van der Waals surface area (Å²) in [7, 11) is 0. The molecule has 0 N–H and O–H groups in total. The van der Waals surface area contributed by atoms with Crippen LogP contribution in [0, 0.1) is 12.0 Å². The van der Waals surface area contributed by atoms with E-state index in [-0.39, 0.29) is 0 Å². The number of ether oxygens (including phenoxy) is 1. The van der Waals surface area contributed by atoms with Crippen LogP contribution in [0.15, 0.2) is 24.3 Å². The van der Waals surface area contributed by atoms with E-state index in [9.17, 15) is 0 Å². The molecule has 0 heterocycles. The Morgan fingerprint density at radius 1 is 1.45 bits per heavy atom. The maximum absolute atomic E-state index is 5.41. The predicted molar refractivity (Wildman–Crippen MR) is 45.6 cm³/mol. The van der Waals surface area contributed by atoms with Crippen LogP contribution in [0.3, 0.4) is 0 Å². The van der Waals surface area contributed by atoms with Gasteiger partial charge in [0.25, 0.3) is 0 Å². The van der Waals surface area contributed by atoms with Crippen molar-refractivity contribution < 1.29 is 4.74 Å². The minimum Gasteiger partial charge on any atom is -0.493 e. The molecule has 59 valence electrons. The molecule has 1 rings (SSSR count). The number of benzene rings is 1. The molecule has 1 aromatic rings. The first-order chi connectivity index (χ1) is 5.29. The third-order valence-electron chi connectivity index (χ3n) is 1.25. The molecule has 0 aromatic heterocycles. The lowest BCUT2D eigenvalue weighted by Crippen LogP contribution is -2.04. The van der Waals surface area contributed by atoms with Gasteiger partial charge in [-0.2, -0.15) is 0 Å². The van der Waals surface area contributed by atoms with E-state index in [0.29, 0.717) is 5.92 Å². The molecule has 1 aromatic carbocycles. The van der Waals surface area contributed by atoms with Crippen LogP contribution in [0.4, 0.5) is 0 Å². The van der Waals surface area contributed by atoms with E-state index < -0.39 is 0 Å². The molecule has 0 amide bonds. The highest BCUT2D eigenvalue weighted by Gasteiger charge is 1.94. The molecule has 1 radical (unpaired) electrons. The largest absolute Gasteiger partial charge is 0.493 e. The summed E-state index contributed by atoms with van der Waals surface area (Å²) in [5.74, 6) is 1.41. The van der Waals surface area contributed by atoms with Crippen molar-refractivity contribution in [1.82, 2.24) is 0 Å². The van der Waals surface area contributed by atoms with Crippen molar-refractivity contribution in [2.75, 3.05) is 6.61 Å². The molecule has 0 aliphatic heterocycles. The summed E-state index contributed by atoms with van der Waals surface area (Å²) in [5.41, 5.74) is 0. The van der Waals surface area contributed by atoms with Gasteiger partial charge in [-0.05, 0) is 12.0 Å². The Balaban J connectivity index is 2.39. The molecule has 1 heteroatoms. The average molecular weight is 149 g/mol. The minimum absolute atomic E-state index is 0.573. The first-order valence-corrected chi connectivity index (χ1v) is 3.88. The highest BCUT2D eigenvalue weighted by molar-refractivity contribution is 5.19. The van der Waals surface area contributed by atoms with E-state index in [0.717, 1.165) is 12.4 Å². The van der Waals surface area contributed by atoms with Crippen LogP contribution in [-0.2, 0) is 0 Å². The zero-order valence-electron chi connectivity index (χ0n) is 7.00. The van der Waals surface area contributed by atoms with Gasteiger partial charge < -0.3 is 4.74 Å². The summed E-state index contributed by atoms with van der Waals surface area (Å²) in [6.45, 7) is 5.02. The van der Waals surface area contributed by atoms with Gasteiger partial charge in [-0.1, -0.05) is 32.0 Å². The maximum atomic E-state index is 5.41. The highest BCUT2D eigenvalue weighted by atomic mass is 16.5. The lowest BCUT2D eigenvalue weighted by atomic mass is 10.2. The molecule has 1 nitrogen and oxygen atoms in total. The molecular weight excluding hydrogens is 136 g/mol. The summed E-state index contributed by atoms with van der Waals surface area (Å²) in [6.07, 6.45) is 0. The molecule has 0 bridgehead atoms. The molecule has 0 saturated carbocycles. The van der Waals surface area contributed by atoms with Crippen molar-refractivity contribution in [2.24, 2.45) is 5.92 Å². The van der Waals surface area contributed by atoms with E-state index in [1.54, 1.807) is 0 Å². The fourth-order valence-corrected chi connectivity index (χ4v) is 0.723. The highest BCUT2D eigenvalue weighted by Crippen LogP contribution is 2.08. The summed E-state index contributed by atoms with van der Waals surface area (Å²) < 4.78 is 5.41. The smallest absolute Gasteiger partial charge is 0.127 e. The Morgan fingerprint density at radius 3 is 2.82 bits per heavy atom. The van der Waals surface area contributed by atoms with Crippen LogP contribution in [0.1, 0.15) is 13.8 Å². The van der Waals surface area contributed by atoms with Crippen molar-refractivity contribution in [3.05, 3.63) is 30.3 Å². The van der Waals surface area contributed by atoms with Gasteiger partial charge in [-0.25, -0.2) is 0 Å². The molecule has 0 saturated heterocycles. The molecule has 0 fully saturated rings. The van der Waals surface area contributed by atoms with Gasteiger partial charge in [0.05, 0.1) is 6.61 Å². The summed E-state index contributed by atoms with van der Waals surface area (Å²) in [4.78, 5) is 0. The molecular formula is C10H13O. The van der Waals surface area contributed by atoms with Gasteiger partial charge in [-0.3, -0.25) is 0 Å². The van der Waals surface area contributed by atoms with Gasteiger partial charge in [0.1, 0.15) is 5.75 Å². The second kappa shape index (κ2) is 4.02. The Hall–Kier alpha value is -0.980. The third kappa shape index (κ3) is 3.08. The number of rotatable bonds is 3. The van der Waals surface area contributed by atoms with E-state index >= 15 is 0 Å². The zero-order chi connectivity index (χ0) is 8.10. The first-order valence-electron chi connectivity index (χ1n) is 3.88. The lowest BCUT2D eigenvalue weighted by molar-refractivity contribution is 0.270. The van der Waals surface area contributed by atoms with E-state index in [4.69, 9.17) is 4.74 Å². The Kier molecular flexibility index (Phi) is 2.96. The predicted octanol–water partition coefficient (Wildman–Crippen LogP) is 2.52. The fraction of sp³-hybridized carbons (Fsp3) is 0.400. The van der Waals surface area contributed by atoms with Crippen molar-refractivity contribution in [3.63, 3.8) is 0 Å². The fourth-order valence-electron chi connectivity index (χ4n) is 0.723. The zero-order valence-corrected chi connectivity index (χ0v) is 7.00. The van der Waals surface area contributed by atoms with Gasteiger partial charge in [0, 0.05) is 6.07 Å². The number of para-hydroxylation sites is 1. The molecule has 0 aliphatic rings. The van der Waals surface area contributed by atoms with Crippen molar-refractivity contribution >= 4 is 0 Å². The first kappa shape index (κ1) is 8.12. The standard InChI is InChI=1S/C10H13O/c1-9(2)8-11-10-6-4-3-5-7-10/h3-6,9H,8H2,1-2H3. The van der Waals surface area contributed by atoms with Crippen LogP contribution in [0.2, 0.25) is 0 Å². The second-order valence-corrected chi connectivity index (χ2v) is 2.93. The topological polar surface area (TPSA) is 9.23 Å². The van der Waals surface area contributed by atoms with E-state index in [1.165, 1.54) is 0 Å². The van der Waals surface area contributed by atoms with Crippen molar-refractivity contribution in [3.8, 4) is 5.75 Å². The SMILES string of the molecule is CC(C)COc1[c]cccc1. The lowest BCUT2D eigenvalue weighted by Gasteiger charge is -2.06. The van der Waals surface area contributed by atoms with Gasteiger partial charge in [-0.15, -0.1) is 0 Å². The minimum atomic E-state index is 0.573. The van der Waals surface area contributed by atoms with Crippen LogP contribution in [-0.4, -0.2) is 6.61 Å². The number of hydrogen-bond donors (Lipinski definition) is 0. The van der Waals surface area contributed by atoms with Gasteiger partial charge in [0.15, 0.2) is 0 Å². The molecule has 0 spiro atoms. The Labute approximate surface area is 68.0 Å². The van der Waals surface area contributed by atoms with E-state index in [2.05, 4.69) is 19.9 Å². The molecule has 11 heavy (non-hydrogen) atoms. The van der Waals surface area contributed by atoms with E-state index in [1.807, 2.05) is 24.3 Å².